The van der Waals surface area contributed by atoms with Crippen LogP contribution in [0.15, 0.2) is 52.9 Å². The number of aryl methyl sites for hydroxylation is 2. The zero-order valence-corrected chi connectivity index (χ0v) is 11.4. The van der Waals surface area contributed by atoms with Crippen LogP contribution < -0.4 is 5.73 Å². The molecule has 0 aliphatic heterocycles. The van der Waals surface area contributed by atoms with E-state index >= 15 is 0 Å². The summed E-state index contributed by atoms with van der Waals surface area (Å²) in [6, 6.07) is 16.5. The van der Waals surface area contributed by atoms with Crippen LogP contribution in [0.1, 0.15) is 17.0 Å². The summed E-state index contributed by atoms with van der Waals surface area (Å²) in [7, 11) is 0. The molecule has 102 valence electrons. The molecule has 0 saturated carbocycles. The topological polar surface area (TPSA) is 52.0 Å². The first kappa shape index (κ1) is 12.9. The molecule has 0 saturated heterocycles. The molecular formula is C17H18N2O. The van der Waals surface area contributed by atoms with E-state index < -0.39 is 0 Å². The minimum absolute atomic E-state index is 0.657. The third-order valence-corrected chi connectivity index (χ3v) is 3.40. The van der Waals surface area contributed by atoms with Gasteiger partial charge in [0.2, 0.25) is 0 Å². The average Bonchev–Trinajstić information content (AvgIpc) is 2.89. The van der Waals surface area contributed by atoms with Gasteiger partial charge in [-0.1, -0.05) is 36.4 Å². The summed E-state index contributed by atoms with van der Waals surface area (Å²) in [6.07, 6.45) is 2.65. The Kier molecular flexibility index (Phi) is 3.79. The summed E-state index contributed by atoms with van der Waals surface area (Å²) in [5.74, 6) is 0.800. The Morgan fingerprint density at radius 1 is 0.900 bits per heavy atom. The van der Waals surface area contributed by atoms with Crippen molar-refractivity contribution in [3.05, 3.63) is 65.5 Å². The molecule has 0 bridgehead atoms. The van der Waals surface area contributed by atoms with Gasteiger partial charge in [-0.05, 0) is 42.6 Å². The molecule has 1 heterocycles. The molecule has 0 aliphatic carbocycles. The maximum absolute atomic E-state index is 5.78. The SMILES string of the molecule is NCCc1ccc2oc(CCc3ccccc3)nc2c1. The molecule has 3 aromatic rings. The van der Waals surface area contributed by atoms with Crippen molar-refractivity contribution >= 4 is 11.1 Å². The van der Waals surface area contributed by atoms with Gasteiger partial charge in [0.05, 0.1) is 0 Å². The lowest BCUT2D eigenvalue weighted by atomic mass is 10.1. The summed E-state index contributed by atoms with van der Waals surface area (Å²) in [4.78, 5) is 4.56. The van der Waals surface area contributed by atoms with Crippen LogP contribution in [0.4, 0.5) is 0 Å². The smallest absolute Gasteiger partial charge is 0.195 e. The van der Waals surface area contributed by atoms with Gasteiger partial charge in [0.25, 0.3) is 0 Å². The van der Waals surface area contributed by atoms with Crippen molar-refractivity contribution in [3.63, 3.8) is 0 Å². The maximum atomic E-state index is 5.78. The van der Waals surface area contributed by atoms with E-state index in [2.05, 4.69) is 41.4 Å². The standard InChI is InChI=1S/C17H18N2O/c18-11-10-14-6-8-16-15(12-14)19-17(20-16)9-7-13-4-2-1-3-5-13/h1-6,8,12H,7,9-11,18H2. The van der Waals surface area contributed by atoms with E-state index in [0.29, 0.717) is 6.54 Å². The van der Waals surface area contributed by atoms with E-state index in [-0.39, 0.29) is 0 Å². The predicted octanol–water partition coefficient (Wildman–Crippen LogP) is 3.11. The molecule has 0 spiro atoms. The molecule has 0 amide bonds. The van der Waals surface area contributed by atoms with Gasteiger partial charge in [-0.2, -0.15) is 0 Å². The van der Waals surface area contributed by atoms with Crippen molar-refractivity contribution in [1.82, 2.24) is 4.98 Å². The van der Waals surface area contributed by atoms with Crippen molar-refractivity contribution in [3.8, 4) is 0 Å². The first-order valence-corrected chi connectivity index (χ1v) is 6.97. The van der Waals surface area contributed by atoms with Crippen molar-refractivity contribution < 1.29 is 4.42 Å². The van der Waals surface area contributed by atoms with Crippen LogP contribution in [0.3, 0.4) is 0 Å². The summed E-state index contributed by atoms with van der Waals surface area (Å²) in [6.45, 7) is 0.657. The molecule has 3 nitrogen and oxygen atoms in total. The highest BCUT2D eigenvalue weighted by Crippen LogP contribution is 2.18. The van der Waals surface area contributed by atoms with E-state index in [1.165, 1.54) is 11.1 Å². The minimum atomic E-state index is 0.657. The number of nitrogens with zero attached hydrogens (tertiary/aromatic N) is 1. The summed E-state index contributed by atoms with van der Waals surface area (Å²) in [5, 5.41) is 0. The number of rotatable bonds is 5. The Morgan fingerprint density at radius 2 is 1.75 bits per heavy atom. The first-order chi connectivity index (χ1) is 9.85. The molecule has 20 heavy (non-hydrogen) atoms. The largest absolute Gasteiger partial charge is 0.441 e. The Labute approximate surface area is 118 Å². The van der Waals surface area contributed by atoms with Crippen LogP contribution in [-0.4, -0.2) is 11.5 Å². The Balaban J connectivity index is 1.75. The number of fused-ring (bicyclic) bond motifs is 1. The molecule has 3 heteroatoms. The van der Waals surface area contributed by atoms with E-state index in [1.807, 2.05) is 12.1 Å². The molecule has 2 aromatic carbocycles. The highest BCUT2D eigenvalue weighted by atomic mass is 16.3. The monoisotopic (exact) mass is 266 g/mol. The molecule has 2 N–H and O–H groups in total. The van der Waals surface area contributed by atoms with Crippen molar-refractivity contribution in [1.29, 1.82) is 0 Å². The third-order valence-electron chi connectivity index (χ3n) is 3.40. The fourth-order valence-corrected chi connectivity index (χ4v) is 2.35. The Morgan fingerprint density at radius 3 is 2.55 bits per heavy atom. The molecule has 0 fully saturated rings. The van der Waals surface area contributed by atoms with Gasteiger partial charge in [0.15, 0.2) is 11.5 Å². The van der Waals surface area contributed by atoms with Gasteiger partial charge in [-0.3, -0.25) is 0 Å². The average molecular weight is 266 g/mol. The second-order valence-corrected chi connectivity index (χ2v) is 4.93. The second kappa shape index (κ2) is 5.88. The Bertz CT molecular complexity index is 689. The molecule has 0 unspecified atom stereocenters. The van der Waals surface area contributed by atoms with Gasteiger partial charge < -0.3 is 10.2 Å². The van der Waals surface area contributed by atoms with Gasteiger partial charge in [-0.15, -0.1) is 0 Å². The molecule has 0 atom stereocenters. The second-order valence-electron chi connectivity index (χ2n) is 4.93. The van der Waals surface area contributed by atoms with Gasteiger partial charge in [-0.25, -0.2) is 4.98 Å². The molecule has 3 rings (SSSR count). The van der Waals surface area contributed by atoms with E-state index in [0.717, 1.165) is 36.3 Å². The zero-order chi connectivity index (χ0) is 13.8. The van der Waals surface area contributed by atoms with Crippen LogP contribution >= 0.6 is 0 Å². The Hall–Kier alpha value is -2.13. The number of hydrogen-bond acceptors (Lipinski definition) is 3. The number of aromatic nitrogens is 1. The summed E-state index contributed by atoms with van der Waals surface area (Å²) < 4.78 is 5.78. The van der Waals surface area contributed by atoms with Crippen LogP contribution in [0.25, 0.3) is 11.1 Å². The highest BCUT2D eigenvalue weighted by Gasteiger charge is 2.06. The molecular weight excluding hydrogens is 248 g/mol. The van der Waals surface area contributed by atoms with Crippen LogP contribution in [0, 0.1) is 0 Å². The lowest BCUT2D eigenvalue weighted by molar-refractivity contribution is 0.528. The van der Waals surface area contributed by atoms with Gasteiger partial charge in [0, 0.05) is 6.42 Å². The fraction of sp³-hybridized carbons (Fsp3) is 0.235. The van der Waals surface area contributed by atoms with Crippen LogP contribution in [-0.2, 0) is 19.3 Å². The van der Waals surface area contributed by atoms with Crippen molar-refractivity contribution in [2.75, 3.05) is 6.54 Å². The van der Waals surface area contributed by atoms with Crippen molar-refractivity contribution in [2.24, 2.45) is 5.73 Å². The number of oxazole rings is 1. The molecule has 1 aromatic heterocycles. The van der Waals surface area contributed by atoms with E-state index in [9.17, 15) is 0 Å². The highest BCUT2D eigenvalue weighted by molar-refractivity contribution is 5.73. The lowest BCUT2D eigenvalue weighted by Crippen LogP contribution is -2.02. The van der Waals surface area contributed by atoms with Crippen LogP contribution in [0.2, 0.25) is 0 Å². The fourth-order valence-electron chi connectivity index (χ4n) is 2.35. The summed E-state index contributed by atoms with van der Waals surface area (Å²) in [5.41, 5.74) is 9.88. The normalized spacial score (nSPS) is 11.1. The van der Waals surface area contributed by atoms with Gasteiger partial charge >= 0.3 is 0 Å². The number of benzene rings is 2. The summed E-state index contributed by atoms with van der Waals surface area (Å²) >= 11 is 0. The quantitative estimate of drug-likeness (QED) is 0.772. The first-order valence-electron chi connectivity index (χ1n) is 6.97. The number of hydrogen-bond donors (Lipinski definition) is 1. The van der Waals surface area contributed by atoms with E-state index in [4.69, 9.17) is 10.2 Å². The van der Waals surface area contributed by atoms with Gasteiger partial charge in [0.1, 0.15) is 5.52 Å². The predicted molar refractivity (Wildman–Crippen MR) is 80.6 cm³/mol. The van der Waals surface area contributed by atoms with Crippen molar-refractivity contribution in [2.45, 2.75) is 19.3 Å². The minimum Gasteiger partial charge on any atom is -0.441 e. The zero-order valence-electron chi connectivity index (χ0n) is 11.4. The lowest BCUT2D eigenvalue weighted by Gasteiger charge is -1.96. The number of nitrogens with two attached hydrogens (primary N) is 1. The van der Waals surface area contributed by atoms with E-state index in [1.54, 1.807) is 0 Å². The molecule has 0 radical (unpaired) electrons. The maximum Gasteiger partial charge on any atom is 0.195 e. The molecule has 0 aliphatic rings. The van der Waals surface area contributed by atoms with Crippen LogP contribution in [0.5, 0.6) is 0 Å². The third kappa shape index (κ3) is 2.89.